The highest BCUT2D eigenvalue weighted by Gasteiger charge is 2.16. The Bertz CT molecular complexity index is 408. The summed E-state index contributed by atoms with van der Waals surface area (Å²) < 4.78 is 15.4. The molecule has 0 bridgehead atoms. The van der Waals surface area contributed by atoms with Gasteiger partial charge in [0.25, 0.3) is 0 Å². The van der Waals surface area contributed by atoms with Crippen LogP contribution in [0.1, 0.15) is 17.3 Å². The number of nitrogen functional groups attached to an aromatic ring is 1. The smallest absolute Gasteiger partial charge is 0.342 e. The molecule has 0 radical (unpaired) electrons. The maximum atomic E-state index is 11.9. The van der Waals surface area contributed by atoms with Gasteiger partial charge in [0.15, 0.2) is 5.75 Å². The number of benzene rings is 1. The monoisotopic (exact) mass is 269 g/mol. The minimum absolute atomic E-state index is 0.0579. The quantitative estimate of drug-likeness (QED) is 0.413. The Morgan fingerprint density at radius 1 is 1.32 bits per heavy atom. The Hall–Kier alpha value is -1.79. The second kappa shape index (κ2) is 8.34. The van der Waals surface area contributed by atoms with Crippen LogP contribution in [-0.2, 0) is 9.47 Å². The fraction of sp³-hybridized carbons (Fsp3) is 0.462. The number of esters is 1. The average Bonchev–Trinajstić information content (AvgIpc) is 2.41. The molecule has 6 heteroatoms. The van der Waals surface area contributed by atoms with Crippen LogP contribution in [0, 0.1) is 0 Å². The van der Waals surface area contributed by atoms with Crippen molar-refractivity contribution in [2.45, 2.75) is 6.92 Å². The van der Waals surface area contributed by atoms with Crippen LogP contribution in [0.2, 0.25) is 0 Å². The number of nitrogens with two attached hydrogens (primary N) is 1. The maximum absolute atomic E-state index is 11.9. The number of aliphatic hydroxyl groups excluding tert-OH is 1. The Kier molecular flexibility index (Phi) is 6.70. The first-order valence-corrected chi connectivity index (χ1v) is 6.07. The zero-order valence-electron chi connectivity index (χ0n) is 10.9. The molecule has 0 fully saturated rings. The molecule has 0 heterocycles. The molecule has 0 saturated carbocycles. The summed E-state index contributed by atoms with van der Waals surface area (Å²) in [6.45, 7) is 2.73. The van der Waals surface area contributed by atoms with Crippen LogP contribution in [0.25, 0.3) is 0 Å². The van der Waals surface area contributed by atoms with Gasteiger partial charge in [-0.1, -0.05) is 6.07 Å². The highest BCUT2D eigenvalue weighted by atomic mass is 16.6. The van der Waals surface area contributed by atoms with E-state index in [9.17, 15) is 4.79 Å². The molecule has 0 amide bonds. The molecule has 106 valence electrons. The Labute approximate surface area is 112 Å². The lowest BCUT2D eigenvalue weighted by Gasteiger charge is -2.12. The average molecular weight is 269 g/mol. The molecule has 0 atom stereocenters. The van der Waals surface area contributed by atoms with Gasteiger partial charge in [0, 0.05) is 0 Å². The summed E-state index contributed by atoms with van der Waals surface area (Å²) in [7, 11) is 0. The van der Waals surface area contributed by atoms with Crippen LogP contribution in [0.4, 0.5) is 5.69 Å². The normalized spacial score (nSPS) is 10.2. The van der Waals surface area contributed by atoms with Crippen molar-refractivity contribution < 1.29 is 24.1 Å². The van der Waals surface area contributed by atoms with Gasteiger partial charge in [0.05, 0.1) is 32.1 Å². The second-order valence-corrected chi connectivity index (χ2v) is 3.63. The summed E-state index contributed by atoms with van der Waals surface area (Å²) in [6, 6.07) is 4.92. The molecule has 1 rings (SSSR count). The van der Waals surface area contributed by atoms with Crippen LogP contribution in [-0.4, -0.2) is 44.1 Å². The van der Waals surface area contributed by atoms with Crippen LogP contribution >= 0.6 is 0 Å². The third-order valence-electron chi connectivity index (χ3n) is 2.25. The predicted octanol–water partition coefficient (Wildman–Crippen LogP) is 0.833. The summed E-state index contributed by atoms with van der Waals surface area (Å²) in [6.07, 6.45) is 0. The van der Waals surface area contributed by atoms with Crippen LogP contribution in [0.3, 0.4) is 0 Å². The van der Waals surface area contributed by atoms with Crippen molar-refractivity contribution in [1.29, 1.82) is 0 Å². The number of hydrogen-bond acceptors (Lipinski definition) is 6. The van der Waals surface area contributed by atoms with E-state index in [1.54, 1.807) is 18.2 Å². The number of ether oxygens (including phenoxy) is 3. The summed E-state index contributed by atoms with van der Waals surface area (Å²) in [5.41, 5.74) is 6.45. The van der Waals surface area contributed by atoms with E-state index < -0.39 is 5.97 Å². The standard InChI is InChI=1S/C13H19NO5/c1-2-18-12-10(4-3-5-11(12)14)13(16)19-9-8-17-7-6-15/h3-5,15H,2,6-9,14H2,1H3. The lowest BCUT2D eigenvalue weighted by atomic mass is 10.2. The lowest BCUT2D eigenvalue weighted by molar-refractivity contribution is 0.0255. The first-order chi connectivity index (χ1) is 9.20. The highest BCUT2D eigenvalue weighted by molar-refractivity contribution is 5.94. The molecule has 6 nitrogen and oxygen atoms in total. The first-order valence-electron chi connectivity index (χ1n) is 6.07. The van der Waals surface area contributed by atoms with Crippen molar-refractivity contribution >= 4 is 11.7 Å². The van der Waals surface area contributed by atoms with Gasteiger partial charge in [0.2, 0.25) is 0 Å². The van der Waals surface area contributed by atoms with E-state index >= 15 is 0 Å². The van der Waals surface area contributed by atoms with E-state index in [1.807, 2.05) is 6.92 Å². The van der Waals surface area contributed by atoms with Gasteiger partial charge in [-0.05, 0) is 19.1 Å². The van der Waals surface area contributed by atoms with E-state index in [4.69, 9.17) is 25.1 Å². The van der Waals surface area contributed by atoms with Crippen molar-refractivity contribution in [2.75, 3.05) is 38.8 Å². The lowest BCUT2D eigenvalue weighted by Crippen LogP contribution is -2.14. The van der Waals surface area contributed by atoms with Crippen molar-refractivity contribution in [2.24, 2.45) is 0 Å². The van der Waals surface area contributed by atoms with E-state index in [1.165, 1.54) is 0 Å². The summed E-state index contributed by atoms with van der Waals surface area (Å²) in [5, 5.41) is 8.52. The van der Waals surface area contributed by atoms with E-state index in [0.717, 1.165) is 0 Å². The highest BCUT2D eigenvalue weighted by Crippen LogP contribution is 2.26. The van der Waals surface area contributed by atoms with E-state index in [-0.39, 0.29) is 26.4 Å². The van der Waals surface area contributed by atoms with Gasteiger partial charge in [-0.2, -0.15) is 0 Å². The third kappa shape index (κ3) is 4.76. The number of hydrogen-bond donors (Lipinski definition) is 2. The molecule has 3 N–H and O–H groups in total. The maximum Gasteiger partial charge on any atom is 0.342 e. The molecule has 0 spiro atoms. The SMILES string of the molecule is CCOc1c(N)cccc1C(=O)OCCOCCO. The predicted molar refractivity (Wildman–Crippen MR) is 70.2 cm³/mol. The Balaban J connectivity index is 2.58. The topological polar surface area (TPSA) is 91.0 Å². The van der Waals surface area contributed by atoms with Gasteiger partial charge in [-0.25, -0.2) is 4.79 Å². The summed E-state index contributed by atoms with van der Waals surface area (Å²) >= 11 is 0. The number of anilines is 1. The first kappa shape index (κ1) is 15.3. The van der Waals surface area contributed by atoms with Crippen molar-refractivity contribution in [3.63, 3.8) is 0 Å². The van der Waals surface area contributed by atoms with Gasteiger partial charge >= 0.3 is 5.97 Å². The molecule has 0 unspecified atom stereocenters. The van der Waals surface area contributed by atoms with Crippen molar-refractivity contribution in [1.82, 2.24) is 0 Å². The number of para-hydroxylation sites is 1. The fourth-order valence-electron chi connectivity index (χ4n) is 1.46. The molecule has 19 heavy (non-hydrogen) atoms. The number of rotatable bonds is 8. The van der Waals surface area contributed by atoms with Crippen LogP contribution in [0.15, 0.2) is 18.2 Å². The molecule has 0 aliphatic rings. The largest absolute Gasteiger partial charge is 0.491 e. The minimum atomic E-state index is -0.511. The Morgan fingerprint density at radius 2 is 2.11 bits per heavy atom. The van der Waals surface area contributed by atoms with Crippen molar-refractivity contribution in [3.05, 3.63) is 23.8 Å². The van der Waals surface area contributed by atoms with Crippen LogP contribution in [0.5, 0.6) is 5.75 Å². The third-order valence-corrected chi connectivity index (χ3v) is 2.25. The molecule has 0 aliphatic carbocycles. The van der Waals surface area contributed by atoms with Gasteiger partial charge in [-0.3, -0.25) is 0 Å². The van der Waals surface area contributed by atoms with Crippen molar-refractivity contribution in [3.8, 4) is 5.75 Å². The van der Waals surface area contributed by atoms with Gasteiger partial charge in [0.1, 0.15) is 12.2 Å². The summed E-state index contributed by atoms with van der Waals surface area (Å²) in [5.74, 6) is -0.172. The second-order valence-electron chi connectivity index (χ2n) is 3.63. The molecular formula is C13H19NO5. The fourth-order valence-corrected chi connectivity index (χ4v) is 1.46. The molecule has 1 aromatic rings. The molecule has 0 aliphatic heterocycles. The molecule has 0 aromatic heterocycles. The Morgan fingerprint density at radius 3 is 2.79 bits per heavy atom. The minimum Gasteiger partial charge on any atom is -0.491 e. The van der Waals surface area contributed by atoms with E-state index in [0.29, 0.717) is 23.6 Å². The summed E-state index contributed by atoms with van der Waals surface area (Å²) in [4.78, 5) is 11.9. The van der Waals surface area contributed by atoms with Gasteiger partial charge in [-0.15, -0.1) is 0 Å². The number of carbonyl (C=O) groups excluding carboxylic acids is 1. The van der Waals surface area contributed by atoms with E-state index in [2.05, 4.69) is 0 Å². The zero-order chi connectivity index (χ0) is 14.1. The van der Waals surface area contributed by atoms with Crippen LogP contribution < -0.4 is 10.5 Å². The molecule has 0 saturated heterocycles. The number of aliphatic hydroxyl groups is 1. The van der Waals surface area contributed by atoms with Gasteiger partial charge < -0.3 is 25.1 Å². The zero-order valence-corrected chi connectivity index (χ0v) is 10.9. The number of carbonyl (C=O) groups is 1. The molecular weight excluding hydrogens is 250 g/mol. The molecule has 1 aromatic carbocycles.